The Morgan fingerprint density at radius 2 is 1.16 bits per heavy atom. The minimum Gasteiger partial charge on any atom is -0.478 e. The van der Waals surface area contributed by atoms with Crippen LogP contribution in [0.25, 0.3) is 0 Å². The van der Waals surface area contributed by atoms with E-state index in [9.17, 15) is 14.7 Å². The normalized spacial score (nSPS) is 11.8. The zero-order valence-electron chi connectivity index (χ0n) is 21.0. The van der Waals surface area contributed by atoms with Gasteiger partial charge in [-0.3, -0.25) is 5.32 Å². The van der Waals surface area contributed by atoms with Crippen LogP contribution in [0.1, 0.15) is 130 Å². The molecule has 5 nitrogen and oxygen atoms in total. The van der Waals surface area contributed by atoms with Crippen LogP contribution in [0.2, 0.25) is 0 Å². The van der Waals surface area contributed by atoms with Crippen LogP contribution in [0.15, 0.2) is 10.6 Å². The van der Waals surface area contributed by atoms with Crippen molar-refractivity contribution in [3.63, 3.8) is 0 Å². The number of thioether (sulfide) groups is 1. The van der Waals surface area contributed by atoms with E-state index >= 15 is 0 Å². The summed E-state index contributed by atoms with van der Waals surface area (Å²) in [4.78, 5) is 23.5. The lowest BCUT2D eigenvalue weighted by molar-refractivity contribution is -0.132. The number of carbonyl (C=O) groups is 2. The molecule has 32 heavy (non-hydrogen) atoms. The average Bonchev–Trinajstić information content (AvgIpc) is 2.77. The molecule has 0 aliphatic heterocycles. The average molecular weight is 472 g/mol. The SMILES string of the molecule is CCCCCCCCCCCCOC(=O)N/C(SCCCCCCCCC)=C(/C)C(=O)O. The Balaban J connectivity index is 3.95. The third-order valence-corrected chi connectivity index (χ3v) is 6.79. The van der Waals surface area contributed by atoms with E-state index in [0.717, 1.165) is 31.4 Å². The summed E-state index contributed by atoms with van der Waals surface area (Å²) in [5, 5.41) is 12.4. The maximum Gasteiger partial charge on any atom is 0.412 e. The van der Waals surface area contributed by atoms with Gasteiger partial charge in [0.1, 0.15) is 0 Å². The smallest absolute Gasteiger partial charge is 0.412 e. The molecular formula is C26H49NO4S. The highest BCUT2D eigenvalue weighted by Crippen LogP contribution is 2.20. The van der Waals surface area contributed by atoms with Gasteiger partial charge in [-0.05, 0) is 25.5 Å². The Labute approximate surface area is 201 Å². The first-order valence-electron chi connectivity index (χ1n) is 13.0. The molecule has 0 aromatic heterocycles. The van der Waals surface area contributed by atoms with Gasteiger partial charge in [0, 0.05) is 0 Å². The fourth-order valence-corrected chi connectivity index (χ4v) is 4.46. The number of hydrogen-bond donors (Lipinski definition) is 2. The third kappa shape index (κ3) is 19.5. The third-order valence-electron chi connectivity index (χ3n) is 5.60. The second-order valence-electron chi connectivity index (χ2n) is 8.67. The maximum atomic E-state index is 12.1. The highest BCUT2D eigenvalue weighted by Gasteiger charge is 2.14. The zero-order chi connectivity index (χ0) is 23.9. The molecule has 0 saturated heterocycles. The van der Waals surface area contributed by atoms with Crippen molar-refractivity contribution in [3.05, 3.63) is 10.6 Å². The van der Waals surface area contributed by atoms with Gasteiger partial charge in [0.2, 0.25) is 0 Å². The molecule has 188 valence electrons. The first-order chi connectivity index (χ1) is 15.5. The lowest BCUT2D eigenvalue weighted by Crippen LogP contribution is -2.25. The highest BCUT2D eigenvalue weighted by molar-refractivity contribution is 8.03. The van der Waals surface area contributed by atoms with E-state index in [1.165, 1.54) is 102 Å². The number of nitrogens with one attached hydrogen (secondary N) is 1. The minimum atomic E-state index is -1.01. The molecule has 2 N–H and O–H groups in total. The highest BCUT2D eigenvalue weighted by atomic mass is 32.2. The number of carboxylic acid groups (broad SMARTS) is 1. The van der Waals surface area contributed by atoms with Crippen LogP contribution < -0.4 is 5.32 Å². The van der Waals surface area contributed by atoms with Crippen molar-refractivity contribution in [1.29, 1.82) is 0 Å². The summed E-state index contributed by atoms with van der Waals surface area (Å²) in [5.41, 5.74) is 0.161. The van der Waals surface area contributed by atoms with Gasteiger partial charge in [-0.2, -0.15) is 0 Å². The summed E-state index contributed by atoms with van der Waals surface area (Å²) in [6.07, 6.45) is 20.2. The van der Waals surface area contributed by atoms with Crippen LogP contribution >= 0.6 is 11.8 Å². The summed E-state index contributed by atoms with van der Waals surface area (Å²) >= 11 is 1.40. The molecule has 0 bridgehead atoms. The molecule has 0 atom stereocenters. The van der Waals surface area contributed by atoms with E-state index in [-0.39, 0.29) is 5.57 Å². The summed E-state index contributed by atoms with van der Waals surface area (Å²) in [7, 11) is 0. The molecule has 6 heteroatoms. The molecule has 0 radical (unpaired) electrons. The van der Waals surface area contributed by atoms with E-state index in [2.05, 4.69) is 19.2 Å². The second kappa shape index (κ2) is 23.0. The van der Waals surface area contributed by atoms with Crippen molar-refractivity contribution in [3.8, 4) is 0 Å². The van der Waals surface area contributed by atoms with Crippen LogP contribution in [-0.2, 0) is 9.53 Å². The topological polar surface area (TPSA) is 75.6 Å². The van der Waals surface area contributed by atoms with Gasteiger partial charge in [0.15, 0.2) is 0 Å². The Kier molecular flexibility index (Phi) is 22.2. The van der Waals surface area contributed by atoms with Crippen LogP contribution in [0.3, 0.4) is 0 Å². The number of aliphatic carboxylic acids is 1. The molecule has 0 aliphatic rings. The van der Waals surface area contributed by atoms with Gasteiger partial charge < -0.3 is 9.84 Å². The zero-order valence-corrected chi connectivity index (χ0v) is 21.8. The quantitative estimate of drug-likeness (QED) is 0.122. The Bertz CT molecular complexity index is 508. The molecule has 0 fully saturated rings. The lowest BCUT2D eigenvalue weighted by Gasteiger charge is -2.12. The Morgan fingerprint density at radius 3 is 1.62 bits per heavy atom. The van der Waals surface area contributed by atoms with Crippen molar-refractivity contribution in [1.82, 2.24) is 5.32 Å². The fraction of sp³-hybridized carbons (Fsp3) is 0.846. The number of amides is 1. The first kappa shape index (κ1) is 30.8. The summed E-state index contributed by atoms with van der Waals surface area (Å²) in [6, 6.07) is 0. The van der Waals surface area contributed by atoms with Crippen LogP contribution in [0.4, 0.5) is 4.79 Å². The van der Waals surface area contributed by atoms with Crippen LogP contribution in [0, 0.1) is 0 Å². The molecular weight excluding hydrogens is 422 g/mol. The largest absolute Gasteiger partial charge is 0.478 e. The number of ether oxygens (including phenoxy) is 1. The van der Waals surface area contributed by atoms with Crippen molar-refractivity contribution in [2.75, 3.05) is 12.4 Å². The van der Waals surface area contributed by atoms with E-state index < -0.39 is 12.1 Å². The van der Waals surface area contributed by atoms with E-state index in [0.29, 0.717) is 11.6 Å². The van der Waals surface area contributed by atoms with Crippen molar-refractivity contribution < 1.29 is 19.4 Å². The molecule has 0 aromatic rings. The number of alkyl carbamates (subject to hydrolysis) is 1. The van der Waals surface area contributed by atoms with Gasteiger partial charge in [0.25, 0.3) is 0 Å². The molecule has 0 saturated carbocycles. The molecule has 1 amide bonds. The van der Waals surface area contributed by atoms with Gasteiger partial charge in [-0.1, -0.05) is 110 Å². The summed E-state index contributed by atoms with van der Waals surface area (Å²) in [5.74, 6) is -0.214. The molecule has 0 spiro atoms. The monoisotopic (exact) mass is 471 g/mol. The first-order valence-corrected chi connectivity index (χ1v) is 14.0. The number of carbonyl (C=O) groups excluding carboxylic acids is 1. The number of rotatable bonds is 22. The fourth-order valence-electron chi connectivity index (χ4n) is 3.45. The van der Waals surface area contributed by atoms with Crippen molar-refractivity contribution in [2.45, 2.75) is 130 Å². The van der Waals surface area contributed by atoms with E-state index in [1.54, 1.807) is 0 Å². The van der Waals surface area contributed by atoms with E-state index in [1.807, 2.05) is 0 Å². The van der Waals surface area contributed by atoms with Gasteiger partial charge in [0.05, 0.1) is 17.2 Å². The molecule has 0 aromatic carbocycles. The Hall–Kier alpha value is -1.17. The summed E-state index contributed by atoms with van der Waals surface area (Å²) < 4.78 is 5.27. The number of hydrogen-bond acceptors (Lipinski definition) is 4. The minimum absolute atomic E-state index is 0.161. The van der Waals surface area contributed by atoms with Gasteiger partial charge in [-0.25, -0.2) is 9.59 Å². The van der Waals surface area contributed by atoms with E-state index in [4.69, 9.17) is 4.74 Å². The predicted octanol–water partition coefficient (Wildman–Crippen LogP) is 8.43. The maximum absolute atomic E-state index is 12.1. The molecule has 0 rings (SSSR count). The predicted molar refractivity (Wildman–Crippen MR) is 137 cm³/mol. The second-order valence-corrected chi connectivity index (χ2v) is 9.78. The Morgan fingerprint density at radius 1 is 0.719 bits per heavy atom. The van der Waals surface area contributed by atoms with Crippen molar-refractivity contribution in [2.24, 2.45) is 0 Å². The standard InChI is InChI=1S/C26H49NO4S/c1-4-6-8-10-12-13-14-15-17-19-21-31-26(30)27-24(23(3)25(28)29)32-22-20-18-16-11-9-7-5-2/h4-22H2,1-3H3,(H,27,30)(H,28,29)/b24-23+. The number of unbranched alkanes of at least 4 members (excludes halogenated alkanes) is 15. The lowest BCUT2D eigenvalue weighted by atomic mass is 10.1. The van der Waals surface area contributed by atoms with Gasteiger partial charge >= 0.3 is 12.1 Å². The summed E-state index contributed by atoms with van der Waals surface area (Å²) in [6.45, 7) is 6.36. The van der Waals surface area contributed by atoms with Crippen LogP contribution in [-0.4, -0.2) is 29.5 Å². The molecule has 0 heterocycles. The molecule has 0 aliphatic carbocycles. The van der Waals surface area contributed by atoms with Gasteiger partial charge in [-0.15, -0.1) is 11.8 Å². The molecule has 0 unspecified atom stereocenters. The van der Waals surface area contributed by atoms with Crippen LogP contribution in [0.5, 0.6) is 0 Å². The number of carboxylic acids is 1. The van der Waals surface area contributed by atoms with Crippen molar-refractivity contribution >= 4 is 23.8 Å².